The van der Waals surface area contributed by atoms with Crippen molar-refractivity contribution in [1.82, 2.24) is 5.32 Å². The molecule has 2 aromatic carbocycles. The zero-order valence-electron chi connectivity index (χ0n) is 13.0. The van der Waals surface area contributed by atoms with Gasteiger partial charge in [0, 0.05) is 18.7 Å². The van der Waals surface area contributed by atoms with Crippen LogP contribution in [-0.4, -0.2) is 24.2 Å². The Morgan fingerprint density at radius 3 is 2.61 bits per heavy atom. The van der Waals surface area contributed by atoms with Crippen molar-refractivity contribution in [3.05, 3.63) is 65.7 Å². The number of rotatable bonds is 6. The Balaban J connectivity index is 1.49. The zero-order valence-corrected chi connectivity index (χ0v) is 13.9. The lowest BCUT2D eigenvalue weighted by molar-refractivity contribution is 0.114. The predicted octanol–water partition coefficient (Wildman–Crippen LogP) is 3.71. The third kappa shape index (κ3) is 4.78. The molecule has 1 fully saturated rings. The van der Waals surface area contributed by atoms with E-state index in [0.717, 1.165) is 47.9 Å². The van der Waals surface area contributed by atoms with Gasteiger partial charge in [0.25, 0.3) is 0 Å². The highest BCUT2D eigenvalue weighted by atomic mass is 32.1. The Labute approximate surface area is 142 Å². The molecule has 3 rings (SSSR count). The molecule has 0 saturated carbocycles. The van der Waals surface area contributed by atoms with Crippen molar-refractivity contribution in [2.75, 3.05) is 13.2 Å². The molecule has 1 N–H and O–H groups in total. The molecule has 4 heteroatoms. The third-order valence-corrected chi connectivity index (χ3v) is 4.26. The maximum Gasteiger partial charge on any atom is 0.119 e. The fourth-order valence-corrected chi connectivity index (χ4v) is 2.78. The van der Waals surface area contributed by atoms with Crippen LogP contribution in [-0.2, 0) is 11.3 Å². The summed E-state index contributed by atoms with van der Waals surface area (Å²) in [6.45, 7) is 2.22. The number of ether oxygens (including phenoxy) is 2. The van der Waals surface area contributed by atoms with Crippen LogP contribution in [0.4, 0.5) is 0 Å². The standard InChI is InChI=1S/C19H21NO2S/c23-19(20-13-18-7-4-12-21-18)16-8-10-17(11-9-16)22-14-15-5-2-1-3-6-15/h1-3,5-6,8-11,18H,4,7,12-14H2,(H,20,23)/t18-/m0/s1. The lowest BCUT2D eigenvalue weighted by Crippen LogP contribution is -2.31. The molecule has 1 aliphatic rings. The fraction of sp³-hybridized carbons (Fsp3) is 0.316. The summed E-state index contributed by atoms with van der Waals surface area (Å²) in [6, 6.07) is 18.0. The van der Waals surface area contributed by atoms with E-state index in [9.17, 15) is 0 Å². The van der Waals surface area contributed by atoms with Crippen LogP contribution in [0.2, 0.25) is 0 Å². The molecule has 0 aliphatic carbocycles. The Kier molecular flexibility index (Phi) is 5.61. The second kappa shape index (κ2) is 8.09. The summed E-state index contributed by atoms with van der Waals surface area (Å²) < 4.78 is 11.4. The van der Waals surface area contributed by atoms with Crippen molar-refractivity contribution >= 4 is 17.2 Å². The van der Waals surface area contributed by atoms with E-state index in [1.54, 1.807) is 0 Å². The molecule has 120 valence electrons. The lowest BCUT2D eigenvalue weighted by atomic mass is 10.2. The quantitative estimate of drug-likeness (QED) is 0.819. The molecule has 1 saturated heterocycles. The molecule has 0 unspecified atom stereocenters. The van der Waals surface area contributed by atoms with Gasteiger partial charge in [-0.25, -0.2) is 0 Å². The van der Waals surface area contributed by atoms with Crippen LogP contribution in [0.5, 0.6) is 5.75 Å². The first-order valence-corrected chi connectivity index (χ1v) is 8.39. The van der Waals surface area contributed by atoms with Crippen molar-refractivity contribution < 1.29 is 9.47 Å². The van der Waals surface area contributed by atoms with Crippen LogP contribution in [0.25, 0.3) is 0 Å². The second-order valence-electron chi connectivity index (χ2n) is 5.64. The van der Waals surface area contributed by atoms with E-state index in [2.05, 4.69) is 17.4 Å². The third-order valence-electron chi connectivity index (χ3n) is 3.88. The fourth-order valence-electron chi connectivity index (χ4n) is 2.56. The van der Waals surface area contributed by atoms with E-state index < -0.39 is 0 Å². The minimum Gasteiger partial charge on any atom is -0.489 e. The van der Waals surface area contributed by atoms with Crippen molar-refractivity contribution in [3.8, 4) is 5.75 Å². The monoisotopic (exact) mass is 327 g/mol. The summed E-state index contributed by atoms with van der Waals surface area (Å²) in [7, 11) is 0. The normalized spacial score (nSPS) is 17.0. The van der Waals surface area contributed by atoms with E-state index in [4.69, 9.17) is 21.7 Å². The summed E-state index contributed by atoms with van der Waals surface area (Å²) in [6.07, 6.45) is 2.55. The molecule has 0 aromatic heterocycles. The Morgan fingerprint density at radius 1 is 1.13 bits per heavy atom. The van der Waals surface area contributed by atoms with E-state index in [0.29, 0.717) is 12.7 Å². The van der Waals surface area contributed by atoms with Gasteiger partial charge in [-0.15, -0.1) is 0 Å². The first-order chi connectivity index (χ1) is 11.3. The first-order valence-electron chi connectivity index (χ1n) is 7.98. The molecule has 0 radical (unpaired) electrons. The Bertz CT molecular complexity index is 622. The van der Waals surface area contributed by atoms with Gasteiger partial charge in [-0.05, 0) is 42.7 Å². The summed E-state index contributed by atoms with van der Waals surface area (Å²) in [4.78, 5) is 0.759. The van der Waals surface area contributed by atoms with Crippen molar-refractivity contribution in [2.45, 2.75) is 25.6 Å². The van der Waals surface area contributed by atoms with Gasteiger partial charge in [0.2, 0.25) is 0 Å². The van der Waals surface area contributed by atoms with Gasteiger partial charge >= 0.3 is 0 Å². The molecule has 1 aliphatic heterocycles. The van der Waals surface area contributed by atoms with Crippen molar-refractivity contribution in [1.29, 1.82) is 0 Å². The lowest BCUT2D eigenvalue weighted by Gasteiger charge is -2.13. The zero-order chi connectivity index (χ0) is 15.9. The van der Waals surface area contributed by atoms with E-state index in [1.807, 2.05) is 42.5 Å². The maximum atomic E-state index is 5.78. The molecular weight excluding hydrogens is 306 g/mol. The van der Waals surface area contributed by atoms with E-state index in [-0.39, 0.29) is 0 Å². The minimum atomic E-state index is 0.293. The molecule has 1 heterocycles. The van der Waals surface area contributed by atoms with Crippen LogP contribution in [0.15, 0.2) is 54.6 Å². The van der Waals surface area contributed by atoms with Crippen LogP contribution in [0.3, 0.4) is 0 Å². The summed E-state index contributed by atoms with van der Waals surface area (Å²) in [5.74, 6) is 0.847. The minimum absolute atomic E-state index is 0.293. The average Bonchev–Trinajstić information content (AvgIpc) is 3.13. The number of thiocarbonyl (C=S) groups is 1. The first kappa shape index (κ1) is 16.0. The smallest absolute Gasteiger partial charge is 0.119 e. The van der Waals surface area contributed by atoms with Gasteiger partial charge in [0.1, 0.15) is 17.3 Å². The molecular formula is C19H21NO2S. The SMILES string of the molecule is S=C(NC[C@@H]1CCCO1)c1ccc(OCc2ccccc2)cc1. The Morgan fingerprint density at radius 2 is 1.91 bits per heavy atom. The van der Waals surface area contributed by atoms with Crippen LogP contribution in [0.1, 0.15) is 24.0 Å². The van der Waals surface area contributed by atoms with Crippen LogP contribution in [0, 0.1) is 0 Å². The molecule has 0 bridgehead atoms. The van der Waals surface area contributed by atoms with Crippen LogP contribution >= 0.6 is 12.2 Å². The number of benzene rings is 2. The van der Waals surface area contributed by atoms with Gasteiger partial charge in [0.05, 0.1) is 6.10 Å². The second-order valence-corrected chi connectivity index (χ2v) is 6.05. The molecule has 0 amide bonds. The number of hydrogen-bond acceptors (Lipinski definition) is 3. The van der Waals surface area contributed by atoms with Gasteiger partial charge in [-0.2, -0.15) is 0 Å². The number of nitrogens with one attached hydrogen (secondary N) is 1. The molecule has 1 atom stereocenters. The Hall–Kier alpha value is -1.91. The summed E-state index contributed by atoms with van der Waals surface area (Å²) in [5.41, 5.74) is 2.16. The van der Waals surface area contributed by atoms with Crippen molar-refractivity contribution in [2.24, 2.45) is 0 Å². The van der Waals surface area contributed by atoms with Gasteiger partial charge in [0.15, 0.2) is 0 Å². The van der Waals surface area contributed by atoms with Crippen molar-refractivity contribution in [3.63, 3.8) is 0 Å². The maximum absolute atomic E-state index is 5.78. The molecule has 2 aromatic rings. The van der Waals surface area contributed by atoms with E-state index in [1.165, 1.54) is 0 Å². The predicted molar refractivity (Wildman–Crippen MR) is 95.9 cm³/mol. The summed E-state index contributed by atoms with van der Waals surface area (Å²) >= 11 is 5.43. The van der Waals surface area contributed by atoms with Gasteiger partial charge in [-0.1, -0.05) is 42.5 Å². The summed E-state index contributed by atoms with van der Waals surface area (Å²) in [5, 5.41) is 3.28. The highest BCUT2D eigenvalue weighted by Gasteiger charge is 2.15. The highest BCUT2D eigenvalue weighted by molar-refractivity contribution is 7.80. The van der Waals surface area contributed by atoms with E-state index >= 15 is 0 Å². The highest BCUT2D eigenvalue weighted by Crippen LogP contribution is 2.15. The number of hydrogen-bond donors (Lipinski definition) is 1. The average molecular weight is 327 g/mol. The molecule has 23 heavy (non-hydrogen) atoms. The van der Waals surface area contributed by atoms with Gasteiger partial charge < -0.3 is 14.8 Å². The molecule has 0 spiro atoms. The topological polar surface area (TPSA) is 30.5 Å². The van der Waals surface area contributed by atoms with Crippen LogP contribution < -0.4 is 10.1 Å². The van der Waals surface area contributed by atoms with Gasteiger partial charge in [-0.3, -0.25) is 0 Å². The molecule has 3 nitrogen and oxygen atoms in total. The largest absolute Gasteiger partial charge is 0.489 e.